The van der Waals surface area contributed by atoms with E-state index in [9.17, 15) is 0 Å². The van der Waals surface area contributed by atoms with Gasteiger partial charge < -0.3 is 0 Å². The molecule has 0 radical (unpaired) electrons. The molecule has 2 aliphatic carbocycles. The average Bonchev–Trinajstić information content (AvgIpc) is 3.43. The Kier molecular flexibility index (Phi) is 10.5. The van der Waals surface area contributed by atoms with Gasteiger partial charge in [0.2, 0.25) is 0 Å². The first kappa shape index (κ1) is 36.5. The van der Waals surface area contributed by atoms with Crippen molar-refractivity contribution >= 4 is 0 Å². The van der Waals surface area contributed by atoms with Crippen LogP contribution in [0, 0.1) is 12.1 Å². The van der Waals surface area contributed by atoms with Gasteiger partial charge in [-0.15, -0.1) is 22.3 Å². The number of benzene rings is 4. The first-order valence-electron chi connectivity index (χ1n) is 15.7. The number of hydrogen-bond acceptors (Lipinski definition) is 0. The molecule has 0 aromatic heterocycles. The minimum absolute atomic E-state index is 0. The molecule has 0 unspecified atom stereocenters. The summed E-state index contributed by atoms with van der Waals surface area (Å²) in [5.41, 5.74) is 17.4. The molecule has 4 aromatic carbocycles. The summed E-state index contributed by atoms with van der Waals surface area (Å²) < 4.78 is 0. The van der Waals surface area contributed by atoms with Crippen molar-refractivity contribution in [3.8, 4) is 22.3 Å². The Labute approximate surface area is 293 Å². The van der Waals surface area contributed by atoms with Gasteiger partial charge in [-0.1, -0.05) is 131 Å². The van der Waals surface area contributed by atoms with E-state index in [1.165, 1.54) is 66.8 Å². The fourth-order valence-electron chi connectivity index (χ4n) is 6.06. The molecule has 0 spiro atoms. The normalized spacial score (nSPS) is 13.4. The molecule has 6 rings (SSSR count). The van der Waals surface area contributed by atoms with Crippen LogP contribution in [-0.4, -0.2) is 0 Å². The van der Waals surface area contributed by atoms with Crippen LogP contribution in [0.1, 0.15) is 128 Å². The maximum absolute atomic E-state index is 3.67. The second-order valence-corrected chi connectivity index (χ2v) is 16.6. The van der Waals surface area contributed by atoms with Crippen LogP contribution in [0.15, 0.2) is 60.7 Å². The molecule has 0 N–H and O–H groups in total. The molecular formula is C42H50Li2. The third-order valence-corrected chi connectivity index (χ3v) is 8.93. The van der Waals surface area contributed by atoms with E-state index in [1.807, 2.05) is 0 Å². The SMILES string of the molecule is CC(C)(C)c1[c-]c2c(cc1)-c1ccc(C(C)(C)C)cc1C2.CC(C)(C)c1[c-]c2c(cc1)-c1ccc(C(C)(C)C)cc1C2.[Li+].[Li+]. The van der Waals surface area contributed by atoms with Crippen LogP contribution in [0.25, 0.3) is 22.3 Å². The zero-order valence-electron chi connectivity index (χ0n) is 30.2. The van der Waals surface area contributed by atoms with Gasteiger partial charge >= 0.3 is 37.7 Å². The van der Waals surface area contributed by atoms with Gasteiger partial charge in [0.1, 0.15) is 0 Å². The Bertz CT molecular complexity index is 1400. The van der Waals surface area contributed by atoms with E-state index in [-0.39, 0.29) is 59.4 Å². The first-order chi connectivity index (χ1) is 19.3. The summed E-state index contributed by atoms with van der Waals surface area (Å²) >= 11 is 0. The van der Waals surface area contributed by atoms with Crippen LogP contribution >= 0.6 is 0 Å². The van der Waals surface area contributed by atoms with Crippen molar-refractivity contribution in [1.29, 1.82) is 0 Å². The average molecular weight is 569 g/mol. The fourth-order valence-corrected chi connectivity index (χ4v) is 6.06. The molecule has 0 heterocycles. The van der Waals surface area contributed by atoms with Gasteiger partial charge in [-0.2, -0.15) is 47.5 Å². The van der Waals surface area contributed by atoms with Crippen molar-refractivity contribution in [1.82, 2.24) is 0 Å². The molecule has 2 heteroatoms. The third kappa shape index (κ3) is 7.54. The summed E-state index contributed by atoms with van der Waals surface area (Å²) in [6.07, 6.45) is 2.05. The second kappa shape index (κ2) is 12.7. The molecule has 44 heavy (non-hydrogen) atoms. The maximum Gasteiger partial charge on any atom is 1.00 e. The van der Waals surface area contributed by atoms with Gasteiger partial charge in [-0.25, -0.2) is 0 Å². The summed E-state index contributed by atoms with van der Waals surface area (Å²) in [6, 6.07) is 30.3. The van der Waals surface area contributed by atoms with E-state index in [2.05, 4.69) is 156 Å². The summed E-state index contributed by atoms with van der Waals surface area (Å²) in [7, 11) is 0. The zero-order chi connectivity index (χ0) is 30.8. The molecule has 0 atom stereocenters. The Morgan fingerprint density at radius 3 is 1.02 bits per heavy atom. The van der Waals surface area contributed by atoms with Crippen LogP contribution in [0.2, 0.25) is 0 Å². The molecule has 0 amide bonds. The fraction of sp³-hybridized carbons (Fsp3) is 0.429. The van der Waals surface area contributed by atoms with E-state index in [0.717, 1.165) is 12.8 Å². The van der Waals surface area contributed by atoms with E-state index >= 15 is 0 Å². The molecule has 4 aromatic rings. The smallest absolute Gasteiger partial charge is 0.175 e. The van der Waals surface area contributed by atoms with Crippen molar-refractivity contribution < 1.29 is 37.7 Å². The molecule has 0 bridgehead atoms. The van der Waals surface area contributed by atoms with Gasteiger partial charge in [-0.05, 0) is 56.8 Å². The van der Waals surface area contributed by atoms with Crippen molar-refractivity contribution in [3.63, 3.8) is 0 Å². The number of fused-ring (bicyclic) bond motifs is 6. The third-order valence-electron chi connectivity index (χ3n) is 8.93. The van der Waals surface area contributed by atoms with Crippen LogP contribution in [-0.2, 0) is 34.5 Å². The number of hydrogen-bond donors (Lipinski definition) is 0. The molecule has 220 valence electrons. The van der Waals surface area contributed by atoms with Crippen molar-refractivity contribution in [2.75, 3.05) is 0 Å². The molecule has 0 fully saturated rings. The van der Waals surface area contributed by atoms with Crippen molar-refractivity contribution in [3.05, 3.63) is 117 Å². The molecule has 0 saturated carbocycles. The Hall–Kier alpha value is -1.93. The molecule has 0 aliphatic heterocycles. The topological polar surface area (TPSA) is 0 Å². The van der Waals surface area contributed by atoms with E-state index in [0.29, 0.717) is 0 Å². The molecule has 2 aliphatic rings. The molecule has 0 saturated heterocycles. The summed E-state index contributed by atoms with van der Waals surface area (Å²) in [5.74, 6) is 0. The van der Waals surface area contributed by atoms with E-state index in [1.54, 1.807) is 0 Å². The van der Waals surface area contributed by atoms with Crippen LogP contribution < -0.4 is 37.7 Å². The van der Waals surface area contributed by atoms with Gasteiger partial charge in [0.15, 0.2) is 0 Å². The Balaban J connectivity index is 0.000000230. The predicted molar refractivity (Wildman–Crippen MR) is 182 cm³/mol. The first-order valence-corrected chi connectivity index (χ1v) is 15.7. The summed E-state index contributed by atoms with van der Waals surface area (Å²) in [5, 5.41) is 0. The molecular weight excluding hydrogens is 518 g/mol. The predicted octanol–water partition coefficient (Wildman–Crippen LogP) is 5.31. The van der Waals surface area contributed by atoms with Gasteiger partial charge in [0.05, 0.1) is 0 Å². The number of rotatable bonds is 0. The van der Waals surface area contributed by atoms with Gasteiger partial charge in [0.25, 0.3) is 0 Å². The maximum atomic E-state index is 3.67. The van der Waals surface area contributed by atoms with Crippen molar-refractivity contribution in [2.24, 2.45) is 0 Å². The summed E-state index contributed by atoms with van der Waals surface area (Å²) in [6.45, 7) is 27.2. The minimum atomic E-state index is 0. The second-order valence-electron chi connectivity index (χ2n) is 16.6. The van der Waals surface area contributed by atoms with Crippen LogP contribution in [0.3, 0.4) is 0 Å². The summed E-state index contributed by atoms with van der Waals surface area (Å²) in [4.78, 5) is 0. The van der Waals surface area contributed by atoms with E-state index < -0.39 is 0 Å². The van der Waals surface area contributed by atoms with Crippen LogP contribution in [0.4, 0.5) is 0 Å². The standard InChI is InChI=1S/2C21H25.2Li/c2*1-20(2,3)16-7-9-18-14(12-16)11-15-13-17(21(4,5)6)8-10-19(15)18;;/h2*7-10,12H,11H2,1-6H3;;/q2*-1;2*+1. The Morgan fingerprint density at radius 1 is 0.409 bits per heavy atom. The minimum Gasteiger partial charge on any atom is -0.175 e. The van der Waals surface area contributed by atoms with Crippen molar-refractivity contribution in [2.45, 2.75) is 118 Å². The quantitative estimate of drug-likeness (QED) is 0.172. The molecule has 0 nitrogen and oxygen atoms in total. The van der Waals surface area contributed by atoms with Gasteiger partial charge in [-0.3, -0.25) is 0 Å². The largest absolute Gasteiger partial charge is 1.00 e. The van der Waals surface area contributed by atoms with Crippen LogP contribution in [0.5, 0.6) is 0 Å². The van der Waals surface area contributed by atoms with E-state index in [4.69, 9.17) is 0 Å². The van der Waals surface area contributed by atoms with Gasteiger partial charge in [0, 0.05) is 0 Å². The monoisotopic (exact) mass is 568 g/mol. The zero-order valence-corrected chi connectivity index (χ0v) is 30.2. The Morgan fingerprint density at radius 2 is 0.727 bits per heavy atom.